The predicted octanol–water partition coefficient (Wildman–Crippen LogP) is 5.18. The van der Waals surface area contributed by atoms with Gasteiger partial charge in [0.25, 0.3) is 5.91 Å². The average molecular weight is 488 g/mol. The number of aromatic nitrogens is 2. The van der Waals surface area contributed by atoms with Gasteiger partial charge in [-0.2, -0.15) is 0 Å². The molecule has 3 rings (SSSR count). The van der Waals surface area contributed by atoms with E-state index >= 15 is 0 Å². The Morgan fingerprint density at radius 2 is 1.82 bits per heavy atom. The highest BCUT2D eigenvalue weighted by molar-refractivity contribution is 7.90. The number of carbonyl (C=O) groups excluding carboxylic acids is 1. The molecule has 0 radical (unpaired) electrons. The molecule has 0 spiro atoms. The number of rotatable bonds is 10. The first-order valence-electron chi connectivity index (χ1n) is 11.2. The van der Waals surface area contributed by atoms with Gasteiger partial charge in [0.05, 0.1) is 29.1 Å². The van der Waals surface area contributed by atoms with Crippen LogP contribution in [0.15, 0.2) is 53.1 Å². The maximum Gasteiger partial charge on any atom is 0.264 e. The third-order valence-electron chi connectivity index (χ3n) is 5.29. The topological polar surface area (TPSA) is 72.3 Å². The quantitative estimate of drug-likeness (QED) is 0.395. The van der Waals surface area contributed by atoms with E-state index in [0.29, 0.717) is 24.5 Å². The minimum Gasteiger partial charge on any atom is -0.332 e. The third kappa shape index (κ3) is 6.32. The fraction of sp³-hybridized carbons (Fsp3) is 0.440. The number of amides is 1. The molecule has 2 heterocycles. The Labute approximate surface area is 201 Å². The first-order valence-corrected chi connectivity index (χ1v) is 13.8. The van der Waals surface area contributed by atoms with Crippen LogP contribution < -0.4 is 0 Å². The number of thiophene rings is 1. The van der Waals surface area contributed by atoms with E-state index in [1.165, 1.54) is 11.3 Å². The normalized spacial score (nSPS) is 12.0. The number of benzene rings is 1. The number of carbonyl (C=O) groups is 1. The van der Waals surface area contributed by atoms with Crippen molar-refractivity contribution in [1.29, 1.82) is 0 Å². The summed E-state index contributed by atoms with van der Waals surface area (Å²) in [5.74, 6) is 0.356. The largest absolute Gasteiger partial charge is 0.332 e. The van der Waals surface area contributed by atoms with E-state index in [1.54, 1.807) is 15.7 Å². The summed E-state index contributed by atoms with van der Waals surface area (Å²) in [4.78, 5) is 20.0. The van der Waals surface area contributed by atoms with Gasteiger partial charge in [0.1, 0.15) is 0 Å². The Morgan fingerprint density at radius 3 is 2.42 bits per heavy atom. The van der Waals surface area contributed by atoms with Gasteiger partial charge < -0.3 is 9.47 Å². The molecule has 1 aromatic carbocycles. The second kappa shape index (κ2) is 10.7. The predicted molar refractivity (Wildman–Crippen MR) is 133 cm³/mol. The molecule has 3 aromatic rings. The number of nitrogens with zero attached hydrogens (tertiary/aromatic N) is 3. The van der Waals surface area contributed by atoms with Gasteiger partial charge in [-0.25, -0.2) is 13.4 Å². The number of hydrogen-bond donors (Lipinski definition) is 0. The molecule has 0 aliphatic heterocycles. The fourth-order valence-corrected chi connectivity index (χ4v) is 6.07. The second-order valence-electron chi connectivity index (χ2n) is 9.28. The van der Waals surface area contributed by atoms with Gasteiger partial charge in [0, 0.05) is 13.1 Å². The fourth-order valence-electron chi connectivity index (χ4n) is 3.78. The van der Waals surface area contributed by atoms with Crippen LogP contribution in [0.4, 0.5) is 0 Å². The molecule has 0 aliphatic carbocycles. The van der Waals surface area contributed by atoms with Crippen LogP contribution >= 0.6 is 11.3 Å². The Bertz CT molecular complexity index is 1180. The molecule has 0 aliphatic rings. The first-order chi connectivity index (χ1) is 15.6. The smallest absolute Gasteiger partial charge is 0.264 e. The van der Waals surface area contributed by atoms with Crippen LogP contribution in [0.5, 0.6) is 0 Å². The summed E-state index contributed by atoms with van der Waals surface area (Å²) in [6.45, 7) is 11.5. The maximum atomic E-state index is 13.4. The van der Waals surface area contributed by atoms with Crippen molar-refractivity contribution >= 4 is 27.1 Å². The van der Waals surface area contributed by atoms with Crippen molar-refractivity contribution in [2.45, 2.75) is 58.6 Å². The van der Waals surface area contributed by atoms with E-state index in [4.69, 9.17) is 0 Å². The van der Waals surface area contributed by atoms with Crippen LogP contribution in [-0.2, 0) is 28.7 Å². The van der Waals surface area contributed by atoms with Crippen molar-refractivity contribution in [3.05, 3.63) is 69.7 Å². The molecule has 0 saturated heterocycles. The van der Waals surface area contributed by atoms with Crippen molar-refractivity contribution in [2.24, 2.45) is 11.8 Å². The lowest BCUT2D eigenvalue weighted by atomic mass is 10.1. The average Bonchev–Trinajstić information content (AvgIpc) is 3.39. The Balaban J connectivity index is 1.97. The zero-order chi connectivity index (χ0) is 24.2. The minimum absolute atomic E-state index is 0.0414. The number of imidazole rings is 1. The van der Waals surface area contributed by atoms with Crippen LogP contribution in [0.2, 0.25) is 0 Å². The van der Waals surface area contributed by atoms with Crippen molar-refractivity contribution < 1.29 is 13.2 Å². The van der Waals surface area contributed by atoms with E-state index in [0.717, 1.165) is 16.8 Å². The maximum absolute atomic E-state index is 13.4. The highest BCUT2D eigenvalue weighted by Gasteiger charge is 2.27. The summed E-state index contributed by atoms with van der Waals surface area (Å²) in [7, 11) is -3.66. The lowest BCUT2D eigenvalue weighted by molar-refractivity contribution is 0.0722. The monoisotopic (exact) mass is 487 g/mol. The van der Waals surface area contributed by atoms with Crippen molar-refractivity contribution in [2.75, 3.05) is 6.54 Å². The molecule has 178 valence electrons. The van der Waals surface area contributed by atoms with E-state index in [9.17, 15) is 13.2 Å². The molecule has 0 N–H and O–H groups in total. The van der Waals surface area contributed by atoms with E-state index in [2.05, 4.69) is 18.8 Å². The Morgan fingerprint density at radius 1 is 1.09 bits per heavy atom. The molecule has 8 heteroatoms. The molecule has 2 aromatic heterocycles. The highest BCUT2D eigenvalue weighted by Crippen LogP contribution is 2.23. The molecule has 1 amide bonds. The zero-order valence-electron chi connectivity index (χ0n) is 20.0. The third-order valence-corrected chi connectivity index (χ3v) is 7.72. The van der Waals surface area contributed by atoms with Gasteiger partial charge in [-0.3, -0.25) is 4.79 Å². The molecular formula is C25H33N3O3S2. The van der Waals surface area contributed by atoms with Gasteiger partial charge in [0.2, 0.25) is 15.0 Å². The lowest BCUT2D eigenvalue weighted by Crippen LogP contribution is -2.34. The molecule has 0 atom stereocenters. The van der Waals surface area contributed by atoms with Crippen LogP contribution in [0, 0.1) is 18.8 Å². The standard InChI is InChI=1S/C25H33N3O3S2/c1-18(2)14-27(24(29)23-11-8-12-32-23)16-22-13-26-25(28(22)15-19(3)4)33(30,31)17-21-10-7-6-9-20(21)5/h6-13,18-19H,14-17H2,1-5H3. The summed E-state index contributed by atoms with van der Waals surface area (Å²) in [5.41, 5.74) is 2.44. The summed E-state index contributed by atoms with van der Waals surface area (Å²) in [5, 5.41) is 1.96. The van der Waals surface area contributed by atoms with Crippen molar-refractivity contribution in [1.82, 2.24) is 14.5 Å². The van der Waals surface area contributed by atoms with Gasteiger partial charge in [-0.1, -0.05) is 58.0 Å². The SMILES string of the molecule is Cc1ccccc1CS(=O)(=O)c1ncc(CN(CC(C)C)C(=O)c2cccs2)n1CC(C)C. The Hall–Kier alpha value is -2.45. The Kier molecular flexibility index (Phi) is 8.13. The second-order valence-corrected chi connectivity index (χ2v) is 12.1. The molecule has 0 unspecified atom stereocenters. The molecule has 0 bridgehead atoms. The first kappa shape index (κ1) is 25.2. The summed E-state index contributed by atoms with van der Waals surface area (Å²) < 4.78 is 28.6. The van der Waals surface area contributed by atoms with Gasteiger partial charge in [-0.15, -0.1) is 11.3 Å². The van der Waals surface area contributed by atoms with Gasteiger partial charge in [-0.05, 0) is 41.3 Å². The van der Waals surface area contributed by atoms with Crippen LogP contribution in [0.3, 0.4) is 0 Å². The van der Waals surface area contributed by atoms with Gasteiger partial charge >= 0.3 is 0 Å². The minimum atomic E-state index is -3.66. The summed E-state index contributed by atoms with van der Waals surface area (Å²) in [6.07, 6.45) is 1.61. The van der Waals surface area contributed by atoms with E-state index < -0.39 is 9.84 Å². The number of sulfone groups is 1. The number of hydrogen-bond acceptors (Lipinski definition) is 5. The van der Waals surface area contributed by atoms with Crippen LogP contribution in [0.25, 0.3) is 0 Å². The molecule has 0 fully saturated rings. The molecule has 0 saturated carbocycles. The molecule has 6 nitrogen and oxygen atoms in total. The molecule has 33 heavy (non-hydrogen) atoms. The van der Waals surface area contributed by atoms with Crippen LogP contribution in [-0.4, -0.2) is 35.3 Å². The highest BCUT2D eigenvalue weighted by atomic mass is 32.2. The molecular weight excluding hydrogens is 454 g/mol. The van der Waals surface area contributed by atoms with Crippen molar-refractivity contribution in [3.63, 3.8) is 0 Å². The van der Waals surface area contributed by atoms with Crippen molar-refractivity contribution in [3.8, 4) is 0 Å². The summed E-state index contributed by atoms with van der Waals surface area (Å²) >= 11 is 1.41. The zero-order valence-corrected chi connectivity index (χ0v) is 21.6. The van der Waals surface area contributed by atoms with Gasteiger partial charge in [0.15, 0.2) is 0 Å². The van der Waals surface area contributed by atoms with E-state index in [-0.39, 0.29) is 28.7 Å². The number of aryl methyl sites for hydroxylation is 1. The lowest BCUT2D eigenvalue weighted by Gasteiger charge is -2.25. The van der Waals surface area contributed by atoms with E-state index in [1.807, 2.05) is 62.5 Å². The summed E-state index contributed by atoms with van der Waals surface area (Å²) in [6, 6.07) is 11.2. The van der Waals surface area contributed by atoms with Crippen LogP contribution in [0.1, 0.15) is 54.2 Å².